The van der Waals surface area contributed by atoms with Gasteiger partial charge < -0.3 is 9.80 Å². The third-order valence-corrected chi connectivity index (χ3v) is 5.48. The number of carbonyl (C=O) groups is 2. The van der Waals surface area contributed by atoms with Crippen LogP contribution in [-0.4, -0.2) is 36.3 Å². The lowest BCUT2D eigenvalue weighted by atomic mass is 9.86. The van der Waals surface area contributed by atoms with Crippen molar-refractivity contribution < 1.29 is 14.0 Å². The Morgan fingerprint density at radius 1 is 1.04 bits per heavy atom. The van der Waals surface area contributed by atoms with Crippen molar-refractivity contribution in [3.63, 3.8) is 0 Å². The van der Waals surface area contributed by atoms with Gasteiger partial charge in [-0.15, -0.1) is 0 Å². The minimum Gasteiger partial charge on any atom is -0.338 e. The summed E-state index contributed by atoms with van der Waals surface area (Å²) < 4.78 is 13.1. The van der Waals surface area contributed by atoms with E-state index >= 15 is 0 Å². The molecule has 2 aliphatic rings. The number of halogens is 1. The largest absolute Gasteiger partial charge is 0.338 e. The molecule has 5 heteroatoms. The van der Waals surface area contributed by atoms with E-state index in [1.165, 1.54) is 24.3 Å². The molecule has 2 amide bonds. The van der Waals surface area contributed by atoms with E-state index in [0.29, 0.717) is 31.6 Å². The third-order valence-electron chi connectivity index (χ3n) is 5.48. The first kappa shape index (κ1) is 16.8. The topological polar surface area (TPSA) is 40.6 Å². The number of likely N-dealkylation sites (tertiary alicyclic amines) is 1. The van der Waals surface area contributed by atoms with Crippen molar-refractivity contribution >= 4 is 17.5 Å². The molecule has 0 aliphatic carbocycles. The fourth-order valence-corrected chi connectivity index (χ4v) is 4.01. The van der Waals surface area contributed by atoms with Crippen molar-refractivity contribution in [2.75, 3.05) is 24.5 Å². The van der Waals surface area contributed by atoms with Crippen molar-refractivity contribution in [3.05, 3.63) is 65.5 Å². The summed E-state index contributed by atoms with van der Waals surface area (Å²) in [5, 5.41) is 0. The summed E-state index contributed by atoms with van der Waals surface area (Å²) in [7, 11) is 0. The molecular weight excluding hydrogens is 331 g/mol. The smallest absolute Gasteiger partial charge is 0.253 e. The zero-order valence-electron chi connectivity index (χ0n) is 14.7. The number of carbonyl (C=O) groups excluding carboxylic acids is 2. The summed E-state index contributed by atoms with van der Waals surface area (Å²) in [6.07, 6.45) is 1.28. The highest BCUT2D eigenvalue weighted by Gasteiger charge is 2.48. The summed E-state index contributed by atoms with van der Waals surface area (Å²) in [6.45, 7) is 3.86. The monoisotopic (exact) mass is 352 g/mol. The van der Waals surface area contributed by atoms with Gasteiger partial charge in [0.15, 0.2) is 0 Å². The van der Waals surface area contributed by atoms with Gasteiger partial charge in [-0.2, -0.15) is 0 Å². The number of amides is 2. The average molecular weight is 352 g/mol. The Bertz CT molecular complexity index is 847. The van der Waals surface area contributed by atoms with Crippen LogP contribution < -0.4 is 4.90 Å². The van der Waals surface area contributed by atoms with Gasteiger partial charge in [0.2, 0.25) is 5.91 Å². The molecule has 0 aromatic heterocycles. The molecule has 4 rings (SSSR count). The van der Waals surface area contributed by atoms with Crippen LogP contribution in [0.1, 0.15) is 28.8 Å². The molecule has 2 saturated heterocycles. The molecule has 0 N–H and O–H groups in total. The molecular formula is C21H21FN2O2. The van der Waals surface area contributed by atoms with E-state index in [1.807, 2.05) is 36.1 Å². The first-order valence-electron chi connectivity index (χ1n) is 8.88. The van der Waals surface area contributed by atoms with Crippen LogP contribution >= 0.6 is 0 Å². The van der Waals surface area contributed by atoms with Crippen LogP contribution in [0.25, 0.3) is 0 Å². The second-order valence-electron chi connectivity index (χ2n) is 7.48. The van der Waals surface area contributed by atoms with E-state index in [4.69, 9.17) is 0 Å². The zero-order chi connectivity index (χ0) is 18.3. The average Bonchev–Trinajstić information content (AvgIpc) is 3.19. The lowest BCUT2D eigenvalue weighted by Gasteiger charge is -2.24. The summed E-state index contributed by atoms with van der Waals surface area (Å²) in [5.74, 6) is -0.331. The Balaban J connectivity index is 1.49. The predicted molar refractivity (Wildman–Crippen MR) is 97.5 cm³/mol. The van der Waals surface area contributed by atoms with Gasteiger partial charge in [-0.1, -0.05) is 17.7 Å². The van der Waals surface area contributed by atoms with Crippen LogP contribution in [-0.2, 0) is 4.79 Å². The van der Waals surface area contributed by atoms with E-state index in [2.05, 4.69) is 0 Å². The molecule has 2 fully saturated rings. The molecule has 2 aliphatic heterocycles. The van der Waals surface area contributed by atoms with Gasteiger partial charge in [-0.05, 0) is 49.7 Å². The van der Waals surface area contributed by atoms with Crippen molar-refractivity contribution in [2.24, 2.45) is 5.41 Å². The quantitative estimate of drug-likeness (QED) is 0.831. The summed E-state index contributed by atoms with van der Waals surface area (Å²) >= 11 is 0. The highest BCUT2D eigenvalue weighted by atomic mass is 19.1. The van der Waals surface area contributed by atoms with E-state index in [-0.39, 0.29) is 23.0 Å². The zero-order valence-corrected chi connectivity index (χ0v) is 14.7. The van der Waals surface area contributed by atoms with Crippen LogP contribution in [0.2, 0.25) is 0 Å². The first-order chi connectivity index (χ1) is 12.5. The Morgan fingerprint density at radius 3 is 2.42 bits per heavy atom. The number of anilines is 1. The Labute approximate surface area is 152 Å². The highest BCUT2D eigenvalue weighted by Crippen LogP contribution is 2.42. The highest BCUT2D eigenvalue weighted by molar-refractivity contribution is 5.97. The van der Waals surface area contributed by atoms with E-state index in [9.17, 15) is 14.0 Å². The fraction of sp³-hybridized carbons (Fsp3) is 0.333. The number of rotatable bonds is 2. The maximum Gasteiger partial charge on any atom is 0.253 e. The summed E-state index contributed by atoms with van der Waals surface area (Å²) in [5.41, 5.74) is 2.38. The summed E-state index contributed by atoms with van der Waals surface area (Å²) in [4.78, 5) is 28.9. The molecule has 0 saturated carbocycles. The van der Waals surface area contributed by atoms with Gasteiger partial charge in [0.1, 0.15) is 5.82 Å². The second kappa shape index (κ2) is 6.24. The van der Waals surface area contributed by atoms with Gasteiger partial charge in [0.25, 0.3) is 5.91 Å². The van der Waals surface area contributed by atoms with E-state index < -0.39 is 0 Å². The maximum absolute atomic E-state index is 13.1. The molecule has 2 aromatic rings. The van der Waals surface area contributed by atoms with Gasteiger partial charge in [-0.25, -0.2) is 4.39 Å². The normalized spacial score (nSPS) is 22.5. The number of benzene rings is 2. The molecule has 1 spiro atoms. The van der Waals surface area contributed by atoms with Crippen LogP contribution in [0.15, 0.2) is 48.5 Å². The molecule has 2 aromatic carbocycles. The SMILES string of the molecule is Cc1ccc(N2CC3(CCN(C(=O)c4ccc(F)cc4)C3)CC2=O)cc1. The molecule has 1 unspecified atom stereocenters. The predicted octanol–water partition coefficient (Wildman–Crippen LogP) is 3.40. The van der Waals surface area contributed by atoms with Crippen molar-refractivity contribution in [2.45, 2.75) is 19.8 Å². The second-order valence-corrected chi connectivity index (χ2v) is 7.48. The van der Waals surface area contributed by atoms with E-state index in [1.54, 1.807) is 4.90 Å². The molecule has 1 atom stereocenters. The van der Waals surface area contributed by atoms with Crippen LogP contribution in [0.3, 0.4) is 0 Å². The molecule has 134 valence electrons. The van der Waals surface area contributed by atoms with Gasteiger partial charge in [0, 0.05) is 42.7 Å². The molecule has 4 nitrogen and oxygen atoms in total. The Hall–Kier alpha value is -2.69. The number of hydrogen-bond donors (Lipinski definition) is 0. The molecule has 26 heavy (non-hydrogen) atoms. The van der Waals surface area contributed by atoms with Gasteiger partial charge in [-0.3, -0.25) is 9.59 Å². The lowest BCUT2D eigenvalue weighted by molar-refractivity contribution is -0.117. The van der Waals surface area contributed by atoms with Gasteiger partial charge >= 0.3 is 0 Å². The standard InChI is InChI=1S/C21H21FN2O2/c1-15-2-8-18(9-3-15)24-14-21(12-19(24)25)10-11-23(13-21)20(26)16-4-6-17(22)7-5-16/h2-9H,10-14H2,1H3. The minimum atomic E-state index is -0.352. The number of nitrogens with zero attached hydrogens (tertiary/aromatic N) is 2. The number of hydrogen-bond acceptors (Lipinski definition) is 2. The van der Waals surface area contributed by atoms with Gasteiger partial charge in [0.05, 0.1) is 0 Å². The molecule has 0 bridgehead atoms. The minimum absolute atomic E-state index is 0.0943. The lowest BCUT2D eigenvalue weighted by Crippen LogP contribution is -2.34. The number of aryl methyl sites for hydroxylation is 1. The molecule has 0 radical (unpaired) electrons. The van der Waals surface area contributed by atoms with Crippen LogP contribution in [0.5, 0.6) is 0 Å². The van der Waals surface area contributed by atoms with Crippen LogP contribution in [0, 0.1) is 18.2 Å². The van der Waals surface area contributed by atoms with Crippen molar-refractivity contribution in [3.8, 4) is 0 Å². The van der Waals surface area contributed by atoms with E-state index in [0.717, 1.165) is 17.7 Å². The van der Waals surface area contributed by atoms with Crippen LogP contribution in [0.4, 0.5) is 10.1 Å². The van der Waals surface area contributed by atoms with Crippen molar-refractivity contribution in [1.82, 2.24) is 4.90 Å². The molecule has 2 heterocycles. The third kappa shape index (κ3) is 2.98. The summed E-state index contributed by atoms with van der Waals surface area (Å²) in [6, 6.07) is 13.6. The van der Waals surface area contributed by atoms with Crippen molar-refractivity contribution in [1.29, 1.82) is 0 Å². The Morgan fingerprint density at radius 2 is 1.73 bits per heavy atom. The maximum atomic E-state index is 13.1. The fourth-order valence-electron chi connectivity index (χ4n) is 4.01. The Kier molecular flexibility index (Phi) is 4.02. The first-order valence-corrected chi connectivity index (χ1v) is 8.88.